The maximum Gasteiger partial charge on any atom is 0.330 e. The first-order valence-corrected chi connectivity index (χ1v) is 7.13. The van der Waals surface area contributed by atoms with Crippen LogP contribution in [-0.2, 0) is 15.0 Å². The van der Waals surface area contributed by atoms with Crippen LogP contribution in [-0.4, -0.2) is 47.1 Å². The molecule has 0 saturated carbocycles. The molecule has 0 aliphatic carbocycles. The number of hydrogen-bond donors (Lipinski definition) is 2. The summed E-state index contributed by atoms with van der Waals surface area (Å²) < 4.78 is 32.2. The Morgan fingerprint density at radius 1 is 1.42 bits per heavy atom. The van der Waals surface area contributed by atoms with E-state index < -0.39 is 22.1 Å². The van der Waals surface area contributed by atoms with Gasteiger partial charge >= 0.3 is 22.2 Å². The van der Waals surface area contributed by atoms with Crippen molar-refractivity contribution in [1.29, 1.82) is 0 Å². The van der Waals surface area contributed by atoms with Gasteiger partial charge in [0.05, 0.1) is 5.92 Å². The molecule has 9 nitrogen and oxygen atoms in total. The molecule has 0 bridgehead atoms. The number of rotatable bonds is 4. The van der Waals surface area contributed by atoms with Crippen LogP contribution in [0.1, 0.15) is 18.7 Å². The maximum absolute atomic E-state index is 12.0. The molecule has 2 rings (SSSR count). The Balaban J connectivity index is 1.99. The Hall–Kier alpha value is -1.68. The number of nitrogens with one attached hydrogen (secondary N) is 1. The fraction of sp³-hybridized carbons (Fsp3) is 0.667. The number of aromatic nitrogens is 2. The first-order valence-electron chi connectivity index (χ1n) is 5.69. The van der Waals surface area contributed by atoms with Crippen molar-refractivity contribution in [2.45, 2.75) is 19.8 Å². The van der Waals surface area contributed by atoms with Crippen molar-refractivity contribution in [3.05, 3.63) is 5.89 Å². The molecule has 1 fully saturated rings. The van der Waals surface area contributed by atoms with Gasteiger partial charge in [-0.3, -0.25) is 4.79 Å². The average molecular weight is 290 g/mol. The second-order valence-electron chi connectivity index (χ2n) is 4.24. The van der Waals surface area contributed by atoms with E-state index in [1.807, 2.05) is 0 Å². The van der Waals surface area contributed by atoms with Gasteiger partial charge in [0.15, 0.2) is 0 Å². The summed E-state index contributed by atoms with van der Waals surface area (Å²) >= 11 is 0. The fourth-order valence-electron chi connectivity index (χ4n) is 1.86. The van der Waals surface area contributed by atoms with Crippen molar-refractivity contribution in [3.63, 3.8) is 0 Å². The molecular formula is C9H14N4O5S. The monoisotopic (exact) mass is 290 g/mol. The molecular weight excluding hydrogens is 276 g/mol. The Morgan fingerprint density at radius 3 is 2.53 bits per heavy atom. The highest BCUT2D eigenvalue weighted by Gasteiger charge is 2.31. The smallest absolute Gasteiger partial charge is 0.330 e. The summed E-state index contributed by atoms with van der Waals surface area (Å²) in [5.74, 6) is -1.13. The largest absolute Gasteiger partial charge is 0.481 e. The predicted molar refractivity (Wildman–Crippen MR) is 63.5 cm³/mol. The van der Waals surface area contributed by atoms with Crippen molar-refractivity contribution in [2.24, 2.45) is 5.92 Å². The van der Waals surface area contributed by atoms with E-state index in [0.717, 1.165) is 0 Å². The molecule has 0 radical (unpaired) electrons. The van der Waals surface area contributed by atoms with E-state index in [9.17, 15) is 13.2 Å². The number of piperidine rings is 1. The molecule has 0 atom stereocenters. The summed E-state index contributed by atoms with van der Waals surface area (Å²) in [6.07, 6.45) is 0.582. The van der Waals surface area contributed by atoms with E-state index in [1.165, 1.54) is 4.31 Å². The molecule has 19 heavy (non-hydrogen) atoms. The SMILES string of the molecule is Cc1nnc(NS(=O)(=O)N2CCC(C(=O)O)CC2)o1. The lowest BCUT2D eigenvalue weighted by molar-refractivity contribution is -0.142. The van der Waals surface area contributed by atoms with E-state index in [1.54, 1.807) is 6.92 Å². The highest BCUT2D eigenvalue weighted by Crippen LogP contribution is 2.20. The van der Waals surface area contributed by atoms with Crippen LogP contribution in [0.4, 0.5) is 6.01 Å². The molecule has 0 amide bonds. The number of aliphatic carboxylic acids is 1. The molecule has 2 heterocycles. The van der Waals surface area contributed by atoms with E-state index in [-0.39, 0.29) is 25.0 Å². The van der Waals surface area contributed by atoms with Crippen molar-refractivity contribution in [1.82, 2.24) is 14.5 Å². The molecule has 1 saturated heterocycles. The first-order chi connectivity index (χ1) is 8.88. The van der Waals surface area contributed by atoms with Crippen LogP contribution in [0.25, 0.3) is 0 Å². The number of aryl methyl sites for hydroxylation is 1. The molecule has 2 N–H and O–H groups in total. The zero-order valence-electron chi connectivity index (χ0n) is 10.2. The van der Waals surface area contributed by atoms with Gasteiger partial charge in [-0.1, -0.05) is 5.10 Å². The number of nitrogens with zero attached hydrogens (tertiary/aromatic N) is 3. The van der Waals surface area contributed by atoms with Crippen LogP contribution in [0, 0.1) is 12.8 Å². The van der Waals surface area contributed by atoms with Crippen LogP contribution >= 0.6 is 0 Å². The van der Waals surface area contributed by atoms with Gasteiger partial charge in [0.1, 0.15) is 0 Å². The summed E-state index contributed by atoms with van der Waals surface area (Å²) in [4.78, 5) is 10.8. The Labute approximate surface area is 109 Å². The zero-order valence-corrected chi connectivity index (χ0v) is 11.1. The molecule has 1 aliphatic heterocycles. The molecule has 106 valence electrons. The Kier molecular flexibility index (Phi) is 3.71. The summed E-state index contributed by atoms with van der Waals surface area (Å²) in [5.41, 5.74) is 0. The number of hydrogen-bond acceptors (Lipinski definition) is 6. The summed E-state index contributed by atoms with van der Waals surface area (Å²) in [6.45, 7) is 1.85. The average Bonchev–Trinajstić information content (AvgIpc) is 2.74. The maximum atomic E-state index is 12.0. The predicted octanol–water partition coefficient (Wildman–Crippen LogP) is -0.169. The van der Waals surface area contributed by atoms with Gasteiger partial charge < -0.3 is 9.52 Å². The van der Waals surface area contributed by atoms with Crippen molar-refractivity contribution in [2.75, 3.05) is 17.8 Å². The third-order valence-corrected chi connectivity index (χ3v) is 4.36. The van der Waals surface area contributed by atoms with Crippen LogP contribution in [0.3, 0.4) is 0 Å². The summed E-state index contributed by atoms with van der Waals surface area (Å²) in [6, 6.07) is -0.196. The molecule has 0 aromatic carbocycles. The number of carboxylic acid groups (broad SMARTS) is 1. The third kappa shape index (κ3) is 3.20. The quantitative estimate of drug-likeness (QED) is 0.788. The van der Waals surface area contributed by atoms with Crippen LogP contribution in [0.15, 0.2) is 4.42 Å². The molecule has 0 spiro atoms. The van der Waals surface area contributed by atoms with E-state index in [0.29, 0.717) is 12.8 Å². The van der Waals surface area contributed by atoms with Gasteiger partial charge in [-0.2, -0.15) is 12.7 Å². The molecule has 1 aromatic heterocycles. The number of anilines is 1. The molecule has 1 aromatic rings. The standard InChI is InChI=1S/C9H14N4O5S/c1-6-10-11-9(18-6)12-19(16,17)13-4-2-7(3-5-13)8(14)15/h7H,2-5H2,1H3,(H,11,12)(H,14,15). The molecule has 10 heteroatoms. The topological polar surface area (TPSA) is 126 Å². The van der Waals surface area contributed by atoms with Gasteiger partial charge in [0.2, 0.25) is 5.89 Å². The lowest BCUT2D eigenvalue weighted by Gasteiger charge is -2.28. The van der Waals surface area contributed by atoms with Crippen molar-refractivity contribution < 1.29 is 22.7 Å². The second kappa shape index (κ2) is 5.13. The van der Waals surface area contributed by atoms with Gasteiger partial charge in [-0.15, -0.1) is 5.10 Å². The van der Waals surface area contributed by atoms with Crippen LogP contribution in [0.5, 0.6) is 0 Å². The van der Waals surface area contributed by atoms with E-state index in [2.05, 4.69) is 14.9 Å². The van der Waals surface area contributed by atoms with E-state index in [4.69, 9.17) is 9.52 Å². The Bertz CT molecular complexity index is 561. The van der Waals surface area contributed by atoms with Crippen molar-refractivity contribution >= 4 is 22.2 Å². The molecule has 0 unspecified atom stereocenters. The third-order valence-electron chi connectivity index (χ3n) is 2.89. The van der Waals surface area contributed by atoms with Gasteiger partial charge in [-0.25, -0.2) is 4.72 Å². The first kappa shape index (κ1) is 13.7. The highest BCUT2D eigenvalue weighted by atomic mass is 32.2. The minimum Gasteiger partial charge on any atom is -0.481 e. The van der Waals surface area contributed by atoms with Crippen molar-refractivity contribution in [3.8, 4) is 0 Å². The zero-order chi connectivity index (χ0) is 14.0. The van der Waals surface area contributed by atoms with Gasteiger partial charge in [0.25, 0.3) is 0 Å². The number of carboxylic acids is 1. The minimum atomic E-state index is -3.78. The summed E-state index contributed by atoms with van der Waals surface area (Å²) in [5, 5.41) is 15.9. The van der Waals surface area contributed by atoms with Gasteiger partial charge in [-0.05, 0) is 12.8 Å². The lowest BCUT2D eigenvalue weighted by Crippen LogP contribution is -2.43. The summed E-state index contributed by atoms with van der Waals surface area (Å²) in [7, 11) is -3.78. The highest BCUT2D eigenvalue weighted by molar-refractivity contribution is 7.90. The fourth-order valence-corrected chi connectivity index (χ4v) is 2.98. The van der Waals surface area contributed by atoms with Gasteiger partial charge in [0, 0.05) is 20.0 Å². The van der Waals surface area contributed by atoms with Crippen LogP contribution < -0.4 is 4.72 Å². The lowest BCUT2D eigenvalue weighted by atomic mass is 9.99. The normalized spacial score (nSPS) is 18.4. The Morgan fingerprint density at radius 2 is 2.05 bits per heavy atom. The second-order valence-corrected chi connectivity index (χ2v) is 5.92. The minimum absolute atomic E-state index is 0.152. The number of carbonyl (C=O) groups is 1. The molecule has 1 aliphatic rings. The van der Waals surface area contributed by atoms with Crippen LogP contribution in [0.2, 0.25) is 0 Å². The van der Waals surface area contributed by atoms with E-state index >= 15 is 0 Å².